The molecule has 0 saturated heterocycles. The smallest absolute Gasteiger partial charge is 0.239 e. The van der Waals surface area contributed by atoms with Gasteiger partial charge >= 0.3 is 0 Å². The Bertz CT molecular complexity index is 1430. The number of carbonyl (C=O) groups is 1. The fraction of sp³-hybridized carbons (Fsp3) is 0.160. The largest absolute Gasteiger partial charge is 0.369 e. The lowest BCUT2D eigenvalue weighted by Crippen LogP contribution is -2.52. The summed E-state index contributed by atoms with van der Waals surface area (Å²) in [6, 6.07) is 19.9. The van der Waals surface area contributed by atoms with E-state index in [1.165, 1.54) is 4.90 Å². The number of aliphatic imine (C=N–C) groups is 1. The first-order valence-corrected chi connectivity index (χ1v) is 11.9. The number of nitrogens with zero attached hydrogens (tertiary/aromatic N) is 3. The summed E-state index contributed by atoms with van der Waals surface area (Å²) < 4.78 is 1.14. The molecule has 0 radical (unpaired) electrons. The van der Waals surface area contributed by atoms with Crippen molar-refractivity contribution in [1.29, 1.82) is 5.26 Å². The number of guanidine groups is 1. The van der Waals surface area contributed by atoms with E-state index in [1.807, 2.05) is 42.6 Å². The van der Waals surface area contributed by atoms with Gasteiger partial charge in [0.15, 0.2) is 5.96 Å². The van der Waals surface area contributed by atoms with Gasteiger partial charge < -0.3 is 5.73 Å². The van der Waals surface area contributed by atoms with E-state index in [-0.39, 0.29) is 11.9 Å². The van der Waals surface area contributed by atoms with E-state index in [0.29, 0.717) is 5.56 Å². The lowest BCUT2D eigenvalue weighted by molar-refractivity contribution is -0.130. The van der Waals surface area contributed by atoms with Crippen LogP contribution >= 0.6 is 22.7 Å². The minimum atomic E-state index is -0.840. The first-order valence-electron chi connectivity index (χ1n) is 10.1. The molecule has 3 heterocycles. The van der Waals surface area contributed by atoms with Crippen LogP contribution in [0.1, 0.15) is 28.8 Å². The summed E-state index contributed by atoms with van der Waals surface area (Å²) in [6.07, 6.45) is 0. The zero-order valence-electron chi connectivity index (χ0n) is 17.6. The summed E-state index contributed by atoms with van der Waals surface area (Å²) >= 11 is 3.20. The number of hydrogen-bond donors (Lipinski definition) is 1. The zero-order valence-corrected chi connectivity index (χ0v) is 19.2. The number of nitriles is 1. The van der Waals surface area contributed by atoms with Crippen molar-refractivity contribution in [2.75, 3.05) is 7.05 Å². The molecule has 1 aliphatic heterocycles. The molecule has 5 rings (SSSR count). The summed E-state index contributed by atoms with van der Waals surface area (Å²) in [6.45, 7) is 1.99. The van der Waals surface area contributed by atoms with Gasteiger partial charge in [-0.1, -0.05) is 30.3 Å². The van der Waals surface area contributed by atoms with E-state index in [0.717, 1.165) is 31.7 Å². The van der Waals surface area contributed by atoms with Crippen LogP contribution in [-0.4, -0.2) is 23.8 Å². The number of amides is 1. The van der Waals surface area contributed by atoms with Crippen LogP contribution in [0.4, 0.5) is 0 Å². The highest BCUT2D eigenvalue weighted by Gasteiger charge is 2.48. The van der Waals surface area contributed by atoms with E-state index in [1.54, 1.807) is 35.8 Å². The second-order valence-electron chi connectivity index (χ2n) is 8.03. The van der Waals surface area contributed by atoms with Gasteiger partial charge in [-0.3, -0.25) is 9.69 Å². The van der Waals surface area contributed by atoms with Crippen LogP contribution in [0.5, 0.6) is 0 Å². The lowest BCUT2D eigenvalue weighted by atomic mass is 9.77. The molecule has 0 bridgehead atoms. The molecule has 0 aliphatic carbocycles. The molecule has 2 atom stereocenters. The van der Waals surface area contributed by atoms with Crippen LogP contribution in [-0.2, 0) is 10.3 Å². The molecular formula is C25H20N4OS2. The van der Waals surface area contributed by atoms with Gasteiger partial charge in [0.1, 0.15) is 5.54 Å². The van der Waals surface area contributed by atoms with Gasteiger partial charge in [0, 0.05) is 16.6 Å². The molecule has 158 valence electrons. The lowest BCUT2D eigenvalue weighted by Gasteiger charge is -2.39. The molecule has 2 aromatic heterocycles. The van der Waals surface area contributed by atoms with E-state index >= 15 is 0 Å². The molecule has 4 aromatic rings. The second-order valence-corrected chi connectivity index (χ2v) is 9.85. The molecule has 0 fully saturated rings. The van der Waals surface area contributed by atoms with Gasteiger partial charge in [-0.05, 0) is 64.0 Å². The molecule has 0 unspecified atom stereocenters. The fourth-order valence-electron chi connectivity index (χ4n) is 4.30. The van der Waals surface area contributed by atoms with Crippen LogP contribution in [0.2, 0.25) is 0 Å². The van der Waals surface area contributed by atoms with Crippen molar-refractivity contribution < 1.29 is 4.79 Å². The third-order valence-corrected chi connectivity index (χ3v) is 8.21. The third-order valence-electron chi connectivity index (χ3n) is 6.08. The van der Waals surface area contributed by atoms with Crippen LogP contribution in [0.3, 0.4) is 0 Å². The minimum Gasteiger partial charge on any atom is -0.369 e. The van der Waals surface area contributed by atoms with Crippen molar-refractivity contribution in [3.8, 4) is 17.2 Å². The number of nitrogens with two attached hydrogens (primary N) is 1. The standard InChI is InChI=1S/C25H20N4OS2/c1-25(21-11-17(13-32-21)16-7-5-6-15(10-16)12-26)22(23(30)29(2)24(27)28-25)19-14-31-20-9-4-3-8-18(19)20/h3-11,13-14,22H,1-2H3,(H2,27,28)/t22-,25+/m0/s1. The van der Waals surface area contributed by atoms with E-state index in [9.17, 15) is 10.1 Å². The topological polar surface area (TPSA) is 82.5 Å². The highest BCUT2D eigenvalue weighted by molar-refractivity contribution is 7.17. The van der Waals surface area contributed by atoms with E-state index < -0.39 is 11.5 Å². The average molecular weight is 457 g/mol. The first-order chi connectivity index (χ1) is 15.4. The Morgan fingerprint density at radius 2 is 1.91 bits per heavy atom. The van der Waals surface area contributed by atoms with Gasteiger partial charge in [0.05, 0.1) is 17.6 Å². The van der Waals surface area contributed by atoms with Crippen molar-refractivity contribution >= 4 is 44.6 Å². The Balaban J connectivity index is 1.67. The number of hydrogen-bond acceptors (Lipinski definition) is 6. The Morgan fingerprint density at radius 1 is 1.09 bits per heavy atom. The number of carbonyl (C=O) groups excluding carboxylic acids is 1. The first kappa shape index (κ1) is 20.4. The molecule has 2 N–H and O–H groups in total. The normalized spacial score (nSPS) is 20.9. The molecule has 32 heavy (non-hydrogen) atoms. The number of benzene rings is 2. The van der Waals surface area contributed by atoms with Crippen LogP contribution in [0, 0.1) is 11.3 Å². The van der Waals surface area contributed by atoms with Crippen molar-refractivity contribution in [3.63, 3.8) is 0 Å². The number of likely N-dealkylation sites (N-methyl/N-ethyl adjacent to an activating group) is 1. The maximum Gasteiger partial charge on any atom is 0.239 e. The quantitative estimate of drug-likeness (QED) is 0.455. The third kappa shape index (κ3) is 3.11. The Kier molecular flexibility index (Phi) is 4.85. The molecule has 7 heteroatoms. The highest BCUT2D eigenvalue weighted by Crippen LogP contribution is 2.49. The summed E-state index contributed by atoms with van der Waals surface area (Å²) in [5.41, 5.74) is 8.90. The molecular weight excluding hydrogens is 436 g/mol. The highest BCUT2D eigenvalue weighted by atomic mass is 32.1. The van der Waals surface area contributed by atoms with E-state index in [2.05, 4.69) is 29.6 Å². The second kappa shape index (κ2) is 7.59. The molecule has 1 aliphatic rings. The molecule has 0 saturated carbocycles. The number of rotatable bonds is 3. The number of thiophene rings is 2. The summed E-state index contributed by atoms with van der Waals surface area (Å²) in [4.78, 5) is 20.8. The maximum atomic E-state index is 13.6. The Hall–Kier alpha value is -3.47. The summed E-state index contributed by atoms with van der Waals surface area (Å²) in [7, 11) is 1.68. The Morgan fingerprint density at radius 3 is 2.72 bits per heavy atom. The van der Waals surface area contributed by atoms with Gasteiger partial charge in [-0.15, -0.1) is 22.7 Å². The van der Waals surface area contributed by atoms with Gasteiger partial charge in [-0.2, -0.15) is 5.26 Å². The van der Waals surface area contributed by atoms with Gasteiger partial charge in [0.25, 0.3) is 0 Å². The van der Waals surface area contributed by atoms with Crippen LogP contribution in [0.15, 0.2) is 70.3 Å². The van der Waals surface area contributed by atoms with Crippen molar-refractivity contribution in [3.05, 3.63) is 81.4 Å². The molecule has 2 aromatic carbocycles. The monoisotopic (exact) mass is 456 g/mol. The Labute approximate surface area is 194 Å². The van der Waals surface area contributed by atoms with Gasteiger partial charge in [-0.25, -0.2) is 4.99 Å². The van der Waals surface area contributed by atoms with Crippen molar-refractivity contribution in [2.24, 2.45) is 10.7 Å². The predicted octanol–water partition coefficient (Wildman–Crippen LogP) is 5.29. The summed E-state index contributed by atoms with van der Waals surface area (Å²) in [5.74, 6) is -0.340. The van der Waals surface area contributed by atoms with Crippen LogP contribution < -0.4 is 5.73 Å². The van der Waals surface area contributed by atoms with Crippen LogP contribution in [0.25, 0.3) is 21.2 Å². The SMILES string of the molecule is CN1C(=O)[C@H](c2csc3ccccc23)[C@@](C)(c2cc(-c3cccc(C#N)c3)cs2)N=C1N. The zero-order chi connectivity index (χ0) is 22.5. The summed E-state index contributed by atoms with van der Waals surface area (Å²) in [5, 5.41) is 14.4. The molecule has 0 spiro atoms. The fourth-order valence-corrected chi connectivity index (χ4v) is 6.34. The predicted molar refractivity (Wildman–Crippen MR) is 131 cm³/mol. The van der Waals surface area contributed by atoms with E-state index in [4.69, 9.17) is 10.7 Å². The van der Waals surface area contributed by atoms with Crippen molar-refractivity contribution in [2.45, 2.75) is 18.4 Å². The molecule has 1 amide bonds. The molecule has 5 nitrogen and oxygen atoms in total. The number of fused-ring (bicyclic) bond motifs is 1. The average Bonchev–Trinajstić information content (AvgIpc) is 3.46. The minimum absolute atomic E-state index is 0.0648. The van der Waals surface area contributed by atoms with Gasteiger partial charge in [0.2, 0.25) is 5.91 Å². The van der Waals surface area contributed by atoms with Crippen molar-refractivity contribution in [1.82, 2.24) is 4.90 Å². The maximum absolute atomic E-state index is 13.6.